The number of amides is 1. The fourth-order valence-electron chi connectivity index (χ4n) is 2.07. The van der Waals surface area contributed by atoms with Gasteiger partial charge in [-0.15, -0.1) is 0 Å². The highest BCUT2D eigenvalue weighted by atomic mass is 19.3. The van der Waals surface area contributed by atoms with Gasteiger partial charge in [0.05, 0.1) is 6.54 Å². The van der Waals surface area contributed by atoms with E-state index in [1.165, 1.54) is 0 Å². The van der Waals surface area contributed by atoms with Gasteiger partial charge in [0.2, 0.25) is 0 Å². The molecule has 1 aromatic rings. The molecule has 0 unspecified atom stereocenters. The summed E-state index contributed by atoms with van der Waals surface area (Å²) in [4.78, 5) is 12.8. The lowest BCUT2D eigenvalue weighted by molar-refractivity contribution is -0.170. The second kappa shape index (κ2) is 5.22. The van der Waals surface area contributed by atoms with E-state index in [1.54, 1.807) is 30.3 Å². The van der Waals surface area contributed by atoms with Gasteiger partial charge in [0, 0.05) is 6.54 Å². The van der Waals surface area contributed by atoms with E-state index in [2.05, 4.69) is 0 Å². The molecular weight excluding hydrogens is 256 g/mol. The molecule has 104 valence electrons. The van der Waals surface area contributed by atoms with Crippen molar-refractivity contribution in [1.29, 1.82) is 0 Å². The van der Waals surface area contributed by atoms with E-state index in [-0.39, 0.29) is 13.0 Å². The minimum atomic E-state index is -3.33. The van der Waals surface area contributed by atoms with E-state index >= 15 is 0 Å². The van der Waals surface area contributed by atoms with Crippen LogP contribution in [0.25, 0.3) is 0 Å². The molecule has 0 radical (unpaired) electrons. The van der Waals surface area contributed by atoms with Crippen molar-refractivity contribution in [2.45, 2.75) is 24.6 Å². The van der Waals surface area contributed by atoms with Crippen molar-refractivity contribution >= 4 is 5.91 Å². The summed E-state index contributed by atoms with van der Waals surface area (Å²) in [5, 5.41) is 19.0. The van der Waals surface area contributed by atoms with Gasteiger partial charge >= 0.3 is 0 Å². The molecule has 6 heteroatoms. The summed E-state index contributed by atoms with van der Waals surface area (Å²) in [6.07, 6.45) is -3.38. The Morgan fingerprint density at radius 3 is 2.58 bits per heavy atom. The quantitative estimate of drug-likeness (QED) is 0.842. The number of alkyl halides is 2. The summed E-state index contributed by atoms with van der Waals surface area (Å²) in [6, 6.07) is 8.14. The van der Waals surface area contributed by atoms with E-state index in [4.69, 9.17) is 5.11 Å². The molecule has 1 amide bonds. The second-order valence-corrected chi connectivity index (χ2v) is 4.64. The lowest BCUT2D eigenvalue weighted by atomic mass is 10.0. The van der Waals surface area contributed by atoms with Crippen molar-refractivity contribution < 1.29 is 23.8 Å². The van der Waals surface area contributed by atoms with Crippen LogP contribution in [0.3, 0.4) is 0 Å². The van der Waals surface area contributed by atoms with Crippen molar-refractivity contribution in [3.63, 3.8) is 0 Å². The SMILES string of the molecule is O=C([C@H](O)c1ccccc1)N1CC[C@@H](O)C(F)(F)C1. The smallest absolute Gasteiger partial charge is 0.290 e. The van der Waals surface area contributed by atoms with Crippen molar-refractivity contribution in [3.05, 3.63) is 35.9 Å². The average molecular weight is 271 g/mol. The number of piperidine rings is 1. The van der Waals surface area contributed by atoms with Gasteiger partial charge in [-0.25, -0.2) is 8.78 Å². The average Bonchev–Trinajstić information content (AvgIpc) is 2.41. The maximum atomic E-state index is 13.3. The number of aliphatic hydroxyl groups excluding tert-OH is 2. The van der Waals surface area contributed by atoms with Crippen LogP contribution in [-0.4, -0.2) is 46.1 Å². The molecule has 0 aromatic heterocycles. The van der Waals surface area contributed by atoms with Crippen LogP contribution in [-0.2, 0) is 4.79 Å². The molecule has 1 aliphatic heterocycles. The van der Waals surface area contributed by atoms with Crippen LogP contribution in [0.5, 0.6) is 0 Å². The molecule has 1 aliphatic rings. The molecule has 1 fully saturated rings. The molecule has 1 heterocycles. The van der Waals surface area contributed by atoms with Crippen LogP contribution in [0.1, 0.15) is 18.1 Å². The van der Waals surface area contributed by atoms with Crippen LogP contribution in [0.2, 0.25) is 0 Å². The Bertz CT molecular complexity index is 452. The number of hydrogen-bond acceptors (Lipinski definition) is 3. The zero-order valence-electron chi connectivity index (χ0n) is 10.2. The number of carbonyl (C=O) groups is 1. The normalized spacial score (nSPS) is 24.0. The van der Waals surface area contributed by atoms with Crippen molar-refractivity contribution in [2.24, 2.45) is 0 Å². The molecule has 1 aromatic carbocycles. The van der Waals surface area contributed by atoms with Gasteiger partial charge in [-0.3, -0.25) is 4.79 Å². The van der Waals surface area contributed by atoms with Crippen molar-refractivity contribution in [1.82, 2.24) is 4.90 Å². The van der Waals surface area contributed by atoms with Gasteiger partial charge in [-0.1, -0.05) is 30.3 Å². The van der Waals surface area contributed by atoms with Crippen LogP contribution >= 0.6 is 0 Å². The van der Waals surface area contributed by atoms with E-state index in [0.29, 0.717) is 5.56 Å². The third kappa shape index (κ3) is 2.90. The molecule has 19 heavy (non-hydrogen) atoms. The Kier molecular flexibility index (Phi) is 3.82. The molecule has 0 aliphatic carbocycles. The summed E-state index contributed by atoms with van der Waals surface area (Å²) in [7, 11) is 0. The summed E-state index contributed by atoms with van der Waals surface area (Å²) in [5.74, 6) is -4.09. The fraction of sp³-hybridized carbons (Fsp3) is 0.462. The standard InChI is InChI=1S/C13H15F2NO3/c14-13(15)8-16(7-6-10(13)17)12(19)11(18)9-4-2-1-3-5-9/h1-5,10-11,17-18H,6-8H2/t10-,11-/m1/s1. The summed E-state index contributed by atoms with van der Waals surface area (Å²) >= 11 is 0. The number of aliphatic hydroxyl groups is 2. The van der Waals surface area contributed by atoms with E-state index < -0.39 is 30.6 Å². The Hall–Kier alpha value is -1.53. The molecule has 0 spiro atoms. The zero-order valence-corrected chi connectivity index (χ0v) is 10.2. The predicted molar refractivity (Wildman–Crippen MR) is 63.6 cm³/mol. The van der Waals surface area contributed by atoms with Crippen LogP contribution in [0.4, 0.5) is 8.78 Å². The summed E-state index contributed by atoms with van der Waals surface area (Å²) in [5.41, 5.74) is 0.363. The molecule has 0 bridgehead atoms. The van der Waals surface area contributed by atoms with Crippen molar-refractivity contribution in [3.8, 4) is 0 Å². The highest BCUT2D eigenvalue weighted by Gasteiger charge is 2.45. The lowest BCUT2D eigenvalue weighted by Gasteiger charge is -2.36. The molecule has 2 rings (SSSR count). The topological polar surface area (TPSA) is 60.8 Å². The fourth-order valence-corrected chi connectivity index (χ4v) is 2.07. The molecule has 2 atom stereocenters. The number of carbonyl (C=O) groups excluding carboxylic acids is 1. The first-order chi connectivity index (χ1) is 8.92. The van der Waals surface area contributed by atoms with Gasteiger partial charge < -0.3 is 15.1 Å². The van der Waals surface area contributed by atoms with E-state index in [9.17, 15) is 18.7 Å². The largest absolute Gasteiger partial charge is 0.387 e. The first-order valence-electron chi connectivity index (χ1n) is 5.99. The maximum absolute atomic E-state index is 13.3. The first-order valence-corrected chi connectivity index (χ1v) is 5.99. The first kappa shape index (κ1) is 13.9. The van der Waals surface area contributed by atoms with E-state index in [0.717, 1.165) is 4.90 Å². The summed E-state index contributed by atoms with van der Waals surface area (Å²) < 4.78 is 26.7. The van der Waals surface area contributed by atoms with E-state index in [1.807, 2.05) is 0 Å². The lowest BCUT2D eigenvalue weighted by Crippen LogP contribution is -2.54. The molecule has 0 saturated carbocycles. The molecule has 4 nitrogen and oxygen atoms in total. The van der Waals surface area contributed by atoms with Crippen LogP contribution < -0.4 is 0 Å². The molecular formula is C13H15F2NO3. The van der Waals surface area contributed by atoms with Gasteiger partial charge in [0.15, 0.2) is 6.10 Å². The minimum Gasteiger partial charge on any atom is -0.387 e. The Balaban J connectivity index is 2.08. The summed E-state index contributed by atoms with van der Waals surface area (Å²) in [6.45, 7) is -0.851. The third-order valence-corrected chi connectivity index (χ3v) is 3.22. The second-order valence-electron chi connectivity index (χ2n) is 4.64. The van der Waals surface area contributed by atoms with Crippen LogP contribution in [0, 0.1) is 0 Å². The highest BCUT2D eigenvalue weighted by molar-refractivity contribution is 5.82. The van der Waals surface area contributed by atoms with Crippen LogP contribution in [0.15, 0.2) is 30.3 Å². The third-order valence-electron chi connectivity index (χ3n) is 3.22. The Labute approximate surface area is 109 Å². The number of likely N-dealkylation sites (tertiary alicyclic amines) is 1. The van der Waals surface area contributed by atoms with Gasteiger partial charge in [-0.05, 0) is 12.0 Å². The number of rotatable bonds is 2. The maximum Gasteiger partial charge on any atom is 0.290 e. The van der Waals surface area contributed by atoms with Gasteiger partial charge in [-0.2, -0.15) is 0 Å². The molecule has 2 N–H and O–H groups in total. The zero-order chi connectivity index (χ0) is 14.0. The van der Waals surface area contributed by atoms with Gasteiger partial charge in [0.1, 0.15) is 6.10 Å². The number of hydrogen-bond donors (Lipinski definition) is 2. The predicted octanol–water partition coefficient (Wildman–Crippen LogP) is 0.949. The number of halogens is 2. The molecule has 1 saturated heterocycles. The van der Waals surface area contributed by atoms with Gasteiger partial charge in [0.25, 0.3) is 11.8 Å². The monoisotopic (exact) mass is 271 g/mol. The minimum absolute atomic E-state index is 0.0134. The van der Waals surface area contributed by atoms with Crippen molar-refractivity contribution in [2.75, 3.05) is 13.1 Å². The Morgan fingerprint density at radius 2 is 2.00 bits per heavy atom. The number of nitrogens with zero attached hydrogens (tertiary/aromatic N) is 1. The Morgan fingerprint density at radius 1 is 1.37 bits per heavy atom. The number of benzene rings is 1. The highest BCUT2D eigenvalue weighted by Crippen LogP contribution is 2.29.